The summed E-state index contributed by atoms with van der Waals surface area (Å²) in [5.74, 6) is -3.75. The molecular weight excluding hydrogens is 476 g/mol. The van der Waals surface area contributed by atoms with E-state index in [9.17, 15) is 24.0 Å². The molecule has 1 aliphatic heterocycles. The van der Waals surface area contributed by atoms with Crippen molar-refractivity contribution in [1.29, 1.82) is 0 Å². The van der Waals surface area contributed by atoms with Crippen molar-refractivity contribution in [3.8, 4) is 0 Å². The fraction of sp³-hybridized carbons (Fsp3) is 0.519. The Bertz CT molecular complexity index is 994. The average molecular weight is 515 g/mol. The molecule has 0 spiro atoms. The molecule has 0 aromatic heterocycles. The lowest BCUT2D eigenvalue weighted by molar-refractivity contribution is -0.137. The summed E-state index contributed by atoms with van der Waals surface area (Å²) in [4.78, 5) is 63.2. The third-order valence-electron chi connectivity index (χ3n) is 6.34. The van der Waals surface area contributed by atoms with E-state index in [2.05, 4.69) is 21.3 Å². The first-order valence-corrected chi connectivity index (χ1v) is 12.6. The topological polar surface area (TPSA) is 154 Å². The van der Waals surface area contributed by atoms with Gasteiger partial charge < -0.3 is 26.4 Å². The Morgan fingerprint density at radius 2 is 1.57 bits per heavy atom. The van der Waals surface area contributed by atoms with Gasteiger partial charge in [-0.1, -0.05) is 63.3 Å². The number of hydrogen-bond acceptors (Lipinski definition) is 5. The molecule has 5 atom stereocenters. The molecular formula is C27H38N4O6. The third-order valence-corrected chi connectivity index (χ3v) is 6.34. The highest BCUT2D eigenvalue weighted by Gasteiger charge is 2.34. The normalized spacial score (nSPS) is 25.8. The van der Waals surface area contributed by atoms with Gasteiger partial charge >= 0.3 is 5.97 Å². The predicted octanol–water partition coefficient (Wildman–Crippen LogP) is 1.31. The Morgan fingerprint density at radius 3 is 2.19 bits per heavy atom. The van der Waals surface area contributed by atoms with Crippen LogP contribution in [0, 0.1) is 11.8 Å². The molecule has 202 valence electrons. The highest BCUT2D eigenvalue weighted by molar-refractivity contribution is 5.95. The van der Waals surface area contributed by atoms with E-state index in [1.807, 2.05) is 30.3 Å². The number of carbonyl (C=O) groups excluding carboxylic acids is 4. The largest absolute Gasteiger partial charge is 0.481 e. The van der Waals surface area contributed by atoms with Crippen LogP contribution in [0.5, 0.6) is 0 Å². The maximum absolute atomic E-state index is 13.4. The Labute approximate surface area is 217 Å². The van der Waals surface area contributed by atoms with Crippen molar-refractivity contribution in [2.75, 3.05) is 0 Å². The molecule has 1 fully saturated rings. The van der Waals surface area contributed by atoms with Gasteiger partial charge in [0.25, 0.3) is 0 Å². The van der Waals surface area contributed by atoms with Crippen molar-refractivity contribution in [1.82, 2.24) is 21.3 Å². The van der Waals surface area contributed by atoms with Gasteiger partial charge in [0.2, 0.25) is 23.6 Å². The lowest BCUT2D eigenvalue weighted by Gasteiger charge is -2.28. The van der Waals surface area contributed by atoms with Crippen LogP contribution in [0.3, 0.4) is 0 Å². The predicted molar refractivity (Wildman–Crippen MR) is 138 cm³/mol. The lowest BCUT2D eigenvalue weighted by Crippen LogP contribution is -2.56. The maximum atomic E-state index is 13.4. The molecule has 1 heterocycles. The van der Waals surface area contributed by atoms with E-state index in [-0.39, 0.29) is 25.2 Å². The van der Waals surface area contributed by atoms with Gasteiger partial charge in [0.1, 0.15) is 18.1 Å². The summed E-state index contributed by atoms with van der Waals surface area (Å²) in [6, 6.07) is 5.82. The number of carbonyl (C=O) groups is 5. The van der Waals surface area contributed by atoms with Crippen LogP contribution in [0.25, 0.3) is 0 Å². The fourth-order valence-corrected chi connectivity index (χ4v) is 3.97. The van der Waals surface area contributed by atoms with Crippen molar-refractivity contribution < 1.29 is 29.1 Å². The monoisotopic (exact) mass is 514 g/mol. The first-order valence-electron chi connectivity index (χ1n) is 12.6. The van der Waals surface area contributed by atoms with Crippen LogP contribution in [0.4, 0.5) is 0 Å². The quantitative estimate of drug-likeness (QED) is 0.330. The van der Waals surface area contributed by atoms with E-state index in [0.29, 0.717) is 6.42 Å². The van der Waals surface area contributed by atoms with Gasteiger partial charge in [-0.15, -0.1) is 0 Å². The van der Waals surface area contributed by atoms with Crippen LogP contribution in [-0.4, -0.2) is 58.9 Å². The van der Waals surface area contributed by atoms with Crippen LogP contribution in [0.15, 0.2) is 42.5 Å². The van der Waals surface area contributed by atoms with Crippen molar-refractivity contribution in [3.05, 3.63) is 48.0 Å². The number of rotatable bonds is 8. The average Bonchev–Trinajstić information content (AvgIpc) is 2.84. The van der Waals surface area contributed by atoms with E-state index in [0.717, 1.165) is 5.56 Å². The zero-order valence-corrected chi connectivity index (χ0v) is 21.8. The summed E-state index contributed by atoms with van der Waals surface area (Å²) in [5.41, 5.74) is 0.833. The second kappa shape index (κ2) is 14.2. The molecule has 4 amide bonds. The molecule has 2 rings (SSSR count). The number of nitrogens with one attached hydrogen (secondary N) is 4. The summed E-state index contributed by atoms with van der Waals surface area (Å²) in [6.45, 7) is 6.77. The summed E-state index contributed by atoms with van der Waals surface area (Å²) in [5, 5.41) is 19.9. The summed E-state index contributed by atoms with van der Waals surface area (Å²) < 4.78 is 0. The van der Waals surface area contributed by atoms with Crippen LogP contribution < -0.4 is 21.3 Å². The summed E-state index contributed by atoms with van der Waals surface area (Å²) in [7, 11) is 0. The Kier molecular flexibility index (Phi) is 11.3. The van der Waals surface area contributed by atoms with Crippen molar-refractivity contribution in [3.63, 3.8) is 0 Å². The SMILES string of the molecule is CC(C)[C@H]1NC(=O)[C@H](C)[C@@H](C/C=C\CCC(=O)O)NC(=O)[C@@H](Cc2ccccc2)NC(=O)[C@@H](C)NC1=O. The molecule has 37 heavy (non-hydrogen) atoms. The highest BCUT2D eigenvalue weighted by atomic mass is 16.4. The zero-order chi connectivity index (χ0) is 27.5. The first-order chi connectivity index (χ1) is 17.5. The standard InChI is InChI=1S/C27H38N4O6/c1-16(2)23-27(37)28-18(4)25(35)30-21(15-19-11-7-5-8-12-19)26(36)29-20(17(3)24(34)31-23)13-9-6-10-14-22(32)33/h5-9,11-12,16-18,20-21,23H,10,13-15H2,1-4H3,(H,28,37)(H,29,36)(H,30,35)(H,31,34)(H,32,33)/b9-6-/t17-,18-,20-,21-,23-/m1/s1. The molecule has 5 N–H and O–H groups in total. The summed E-state index contributed by atoms with van der Waals surface area (Å²) >= 11 is 0. The molecule has 1 aromatic rings. The first kappa shape index (κ1) is 29.5. The van der Waals surface area contributed by atoms with Gasteiger partial charge in [0.05, 0.1) is 5.92 Å². The number of hydrogen-bond donors (Lipinski definition) is 5. The molecule has 0 saturated carbocycles. The van der Waals surface area contributed by atoms with Gasteiger partial charge in [0.15, 0.2) is 0 Å². The van der Waals surface area contributed by atoms with E-state index in [1.165, 1.54) is 6.92 Å². The van der Waals surface area contributed by atoms with Crippen LogP contribution in [-0.2, 0) is 30.4 Å². The Hall–Kier alpha value is -3.69. The molecule has 1 saturated heterocycles. The Balaban J connectivity index is 2.38. The number of benzene rings is 1. The van der Waals surface area contributed by atoms with Crippen molar-refractivity contribution in [2.45, 2.75) is 77.5 Å². The highest BCUT2D eigenvalue weighted by Crippen LogP contribution is 2.14. The molecule has 10 nitrogen and oxygen atoms in total. The van der Waals surface area contributed by atoms with Crippen LogP contribution in [0.2, 0.25) is 0 Å². The van der Waals surface area contributed by atoms with E-state index < -0.39 is 59.7 Å². The lowest BCUT2D eigenvalue weighted by atomic mass is 9.94. The van der Waals surface area contributed by atoms with Gasteiger partial charge in [-0.3, -0.25) is 24.0 Å². The van der Waals surface area contributed by atoms with E-state index >= 15 is 0 Å². The molecule has 1 aliphatic rings. The molecule has 10 heteroatoms. The summed E-state index contributed by atoms with van der Waals surface area (Å²) in [6.07, 6.45) is 4.20. The number of carboxylic acids is 1. The second-order valence-corrected chi connectivity index (χ2v) is 9.75. The number of amides is 4. The minimum Gasteiger partial charge on any atom is -0.481 e. The second-order valence-electron chi connectivity index (χ2n) is 9.75. The molecule has 0 unspecified atom stereocenters. The van der Waals surface area contributed by atoms with Crippen molar-refractivity contribution in [2.24, 2.45) is 11.8 Å². The van der Waals surface area contributed by atoms with Gasteiger partial charge in [-0.2, -0.15) is 0 Å². The molecule has 0 bridgehead atoms. The number of carboxylic acid groups (broad SMARTS) is 1. The van der Waals surface area contributed by atoms with Gasteiger partial charge in [-0.05, 0) is 31.2 Å². The third kappa shape index (κ3) is 9.36. The minimum atomic E-state index is -0.940. The molecule has 0 radical (unpaired) electrons. The van der Waals surface area contributed by atoms with Crippen LogP contribution in [0.1, 0.15) is 52.5 Å². The number of allylic oxidation sites excluding steroid dienone is 1. The minimum absolute atomic E-state index is 0.0297. The van der Waals surface area contributed by atoms with E-state index in [1.54, 1.807) is 32.9 Å². The molecule has 1 aromatic carbocycles. The van der Waals surface area contributed by atoms with Crippen LogP contribution >= 0.6 is 0 Å². The number of aliphatic carboxylic acids is 1. The molecule has 0 aliphatic carbocycles. The Morgan fingerprint density at radius 1 is 0.892 bits per heavy atom. The maximum Gasteiger partial charge on any atom is 0.303 e. The van der Waals surface area contributed by atoms with Crippen molar-refractivity contribution >= 4 is 29.6 Å². The zero-order valence-electron chi connectivity index (χ0n) is 21.8. The smallest absolute Gasteiger partial charge is 0.303 e. The fourth-order valence-electron chi connectivity index (χ4n) is 3.97. The van der Waals surface area contributed by atoms with Gasteiger partial charge in [-0.25, -0.2) is 0 Å². The van der Waals surface area contributed by atoms with E-state index in [4.69, 9.17) is 5.11 Å². The van der Waals surface area contributed by atoms with Gasteiger partial charge in [0, 0.05) is 18.9 Å².